The van der Waals surface area contributed by atoms with Crippen molar-refractivity contribution in [3.8, 4) is 5.75 Å². The fraction of sp³-hybridized carbons (Fsp3) is 0.267. The Morgan fingerprint density at radius 3 is 2.50 bits per heavy atom. The molecule has 0 aliphatic rings. The summed E-state index contributed by atoms with van der Waals surface area (Å²) in [5, 5.41) is 5.56. The molecule has 128 valence electrons. The predicted octanol–water partition coefficient (Wildman–Crippen LogP) is 2.10. The van der Waals surface area contributed by atoms with Crippen LogP contribution in [-0.2, 0) is 11.0 Å². The number of rotatable bonds is 7. The average molecular weight is 340 g/mol. The third-order valence-corrected chi connectivity index (χ3v) is 2.87. The first-order valence-corrected chi connectivity index (χ1v) is 7.02. The maximum Gasteiger partial charge on any atom is 0.416 e. The minimum Gasteiger partial charge on any atom is -0.484 e. The number of nitrogens with zero attached hydrogens (tertiary/aromatic N) is 2. The average Bonchev–Trinajstić information content (AvgIpc) is 2.57. The second-order valence-electron chi connectivity index (χ2n) is 4.68. The number of anilines is 1. The van der Waals surface area contributed by atoms with Crippen LogP contribution < -0.4 is 15.4 Å². The van der Waals surface area contributed by atoms with Crippen LogP contribution in [-0.4, -0.2) is 35.6 Å². The largest absolute Gasteiger partial charge is 0.484 e. The standard InChI is InChI=1S/C15H15F3N4O2/c16-15(17,18)11-1-3-12(4-2-11)24-10-14(23)22-8-7-21-13-9-19-5-6-20-13/h1-6,9H,7-8,10H2,(H,20,21)(H,22,23). The van der Waals surface area contributed by atoms with E-state index < -0.39 is 11.7 Å². The van der Waals surface area contributed by atoms with E-state index in [2.05, 4.69) is 20.6 Å². The molecule has 0 aliphatic heterocycles. The summed E-state index contributed by atoms with van der Waals surface area (Å²) in [7, 11) is 0. The van der Waals surface area contributed by atoms with Crippen LogP contribution in [0, 0.1) is 0 Å². The first kappa shape index (κ1) is 17.5. The number of hydrogen-bond acceptors (Lipinski definition) is 5. The highest BCUT2D eigenvalue weighted by atomic mass is 19.4. The topological polar surface area (TPSA) is 76.1 Å². The van der Waals surface area contributed by atoms with E-state index in [1.807, 2.05) is 0 Å². The van der Waals surface area contributed by atoms with E-state index in [4.69, 9.17) is 4.74 Å². The van der Waals surface area contributed by atoms with Crippen LogP contribution in [0.3, 0.4) is 0 Å². The van der Waals surface area contributed by atoms with Crippen LogP contribution >= 0.6 is 0 Å². The van der Waals surface area contributed by atoms with Gasteiger partial charge >= 0.3 is 6.18 Å². The molecule has 0 atom stereocenters. The summed E-state index contributed by atoms with van der Waals surface area (Å²) in [4.78, 5) is 19.5. The summed E-state index contributed by atoms with van der Waals surface area (Å²) in [5.74, 6) is 0.402. The van der Waals surface area contributed by atoms with Crippen LogP contribution in [0.1, 0.15) is 5.56 Å². The van der Waals surface area contributed by atoms with E-state index in [0.717, 1.165) is 12.1 Å². The highest BCUT2D eigenvalue weighted by Crippen LogP contribution is 2.30. The van der Waals surface area contributed by atoms with Gasteiger partial charge in [0.25, 0.3) is 5.91 Å². The van der Waals surface area contributed by atoms with Gasteiger partial charge in [-0.1, -0.05) is 0 Å². The first-order valence-electron chi connectivity index (χ1n) is 7.02. The lowest BCUT2D eigenvalue weighted by atomic mass is 10.2. The number of nitrogens with one attached hydrogen (secondary N) is 2. The fourth-order valence-electron chi connectivity index (χ4n) is 1.72. The van der Waals surface area contributed by atoms with E-state index in [9.17, 15) is 18.0 Å². The van der Waals surface area contributed by atoms with E-state index in [-0.39, 0.29) is 18.3 Å². The molecule has 0 fully saturated rings. The van der Waals surface area contributed by atoms with Crippen LogP contribution in [0.25, 0.3) is 0 Å². The quantitative estimate of drug-likeness (QED) is 0.755. The number of aromatic nitrogens is 2. The van der Waals surface area contributed by atoms with Gasteiger partial charge in [0.15, 0.2) is 6.61 Å². The van der Waals surface area contributed by atoms with Crippen molar-refractivity contribution in [1.82, 2.24) is 15.3 Å². The number of alkyl halides is 3. The second-order valence-corrected chi connectivity index (χ2v) is 4.68. The first-order chi connectivity index (χ1) is 11.4. The molecule has 1 aromatic heterocycles. The second kappa shape index (κ2) is 8.14. The van der Waals surface area contributed by atoms with E-state index in [1.165, 1.54) is 12.1 Å². The normalized spacial score (nSPS) is 11.0. The zero-order valence-corrected chi connectivity index (χ0v) is 12.5. The molecule has 6 nitrogen and oxygen atoms in total. The van der Waals surface area contributed by atoms with Crippen molar-refractivity contribution in [2.45, 2.75) is 6.18 Å². The number of hydrogen-bond donors (Lipinski definition) is 2. The fourth-order valence-corrected chi connectivity index (χ4v) is 1.72. The van der Waals surface area contributed by atoms with Crippen LogP contribution in [0.15, 0.2) is 42.9 Å². The molecule has 1 heterocycles. The molecule has 9 heteroatoms. The Bertz CT molecular complexity index is 648. The Balaban J connectivity index is 1.66. The number of benzene rings is 1. The minimum atomic E-state index is -4.40. The summed E-state index contributed by atoms with van der Waals surface area (Å²) in [6.07, 6.45) is 0.242. The molecule has 0 spiro atoms. The summed E-state index contributed by atoms with van der Waals surface area (Å²) in [5.41, 5.74) is -0.769. The van der Waals surface area contributed by atoms with Gasteiger partial charge in [-0.3, -0.25) is 9.78 Å². The van der Waals surface area contributed by atoms with Crippen molar-refractivity contribution in [2.24, 2.45) is 0 Å². The van der Waals surface area contributed by atoms with Gasteiger partial charge in [0.05, 0.1) is 11.8 Å². The SMILES string of the molecule is O=C(COc1ccc(C(F)(F)F)cc1)NCCNc1cnccn1. The molecule has 0 bridgehead atoms. The minimum absolute atomic E-state index is 0.191. The Morgan fingerprint density at radius 2 is 1.88 bits per heavy atom. The van der Waals surface area contributed by atoms with E-state index in [1.54, 1.807) is 18.6 Å². The van der Waals surface area contributed by atoms with Crippen molar-refractivity contribution < 1.29 is 22.7 Å². The summed E-state index contributed by atoms with van der Waals surface area (Å²) < 4.78 is 42.4. The molecular weight excluding hydrogens is 325 g/mol. The Kier molecular flexibility index (Phi) is 5.94. The molecular formula is C15H15F3N4O2. The van der Waals surface area contributed by atoms with Crippen molar-refractivity contribution in [3.05, 3.63) is 48.4 Å². The zero-order chi connectivity index (χ0) is 17.4. The molecule has 0 aliphatic carbocycles. The lowest BCUT2D eigenvalue weighted by Gasteiger charge is -2.10. The smallest absolute Gasteiger partial charge is 0.416 e. The van der Waals surface area contributed by atoms with Gasteiger partial charge in [-0.15, -0.1) is 0 Å². The molecule has 24 heavy (non-hydrogen) atoms. The Labute approximate surface area is 136 Å². The third kappa shape index (κ3) is 5.75. The van der Waals surface area contributed by atoms with Crippen LogP contribution in [0.5, 0.6) is 5.75 Å². The molecule has 0 saturated carbocycles. The lowest BCUT2D eigenvalue weighted by Crippen LogP contribution is -2.32. The molecule has 1 aromatic carbocycles. The zero-order valence-electron chi connectivity index (χ0n) is 12.5. The van der Waals surface area contributed by atoms with E-state index >= 15 is 0 Å². The summed E-state index contributed by atoms with van der Waals surface area (Å²) in [6, 6.07) is 4.15. The maximum absolute atomic E-state index is 12.4. The Hall–Kier alpha value is -2.84. The number of carbonyl (C=O) groups excluding carboxylic acids is 1. The van der Waals surface area contributed by atoms with Gasteiger partial charge in [-0.2, -0.15) is 13.2 Å². The van der Waals surface area contributed by atoms with Crippen molar-refractivity contribution in [1.29, 1.82) is 0 Å². The van der Waals surface area contributed by atoms with Gasteiger partial charge in [-0.05, 0) is 24.3 Å². The molecule has 2 N–H and O–H groups in total. The number of carbonyl (C=O) groups is 1. The molecule has 2 rings (SSSR count). The lowest BCUT2D eigenvalue weighted by molar-refractivity contribution is -0.137. The summed E-state index contributed by atoms with van der Waals surface area (Å²) in [6.45, 7) is 0.507. The van der Waals surface area contributed by atoms with Crippen LogP contribution in [0.4, 0.5) is 19.0 Å². The molecule has 0 unspecified atom stereocenters. The van der Waals surface area contributed by atoms with Crippen molar-refractivity contribution in [3.63, 3.8) is 0 Å². The molecule has 2 aromatic rings. The maximum atomic E-state index is 12.4. The highest BCUT2D eigenvalue weighted by Gasteiger charge is 2.30. The van der Waals surface area contributed by atoms with Crippen LogP contribution in [0.2, 0.25) is 0 Å². The predicted molar refractivity (Wildman–Crippen MR) is 80.5 cm³/mol. The molecule has 0 saturated heterocycles. The third-order valence-electron chi connectivity index (χ3n) is 2.87. The molecule has 0 radical (unpaired) electrons. The monoisotopic (exact) mass is 340 g/mol. The highest BCUT2D eigenvalue weighted by molar-refractivity contribution is 5.77. The number of ether oxygens (including phenoxy) is 1. The summed E-state index contributed by atoms with van der Waals surface area (Å²) >= 11 is 0. The van der Waals surface area contributed by atoms with Gasteiger partial charge in [0, 0.05) is 25.5 Å². The van der Waals surface area contributed by atoms with Gasteiger partial charge in [-0.25, -0.2) is 4.98 Å². The van der Waals surface area contributed by atoms with Crippen molar-refractivity contribution >= 4 is 11.7 Å². The number of amides is 1. The molecule has 1 amide bonds. The van der Waals surface area contributed by atoms with E-state index in [0.29, 0.717) is 18.9 Å². The van der Waals surface area contributed by atoms with Gasteiger partial charge in [0.2, 0.25) is 0 Å². The van der Waals surface area contributed by atoms with Crippen molar-refractivity contribution in [2.75, 3.05) is 25.0 Å². The van der Waals surface area contributed by atoms with Gasteiger partial charge < -0.3 is 15.4 Å². The number of halogens is 3. The van der Waals surface area contributed by atoms with Gasteiger partial charge in [0.1, 0.15) is 11.6 Å². The Morgan fingerprint density at radius 1 is 1.12 bits per heavy atom.